The summed E-state index contributed by atoms with van der Waals surface area (Å²) < 4.78 is 0. The van der Waals surface area contributed by atoms with Gasteiger partial charge in [-0.05, 0) is 37.9 Å². The number of aliphatic hydroxyl groups is 1. The van der Waals surface area contributed by atoms with Crippen LogP contribution in [0.25, 0.3) is 0 Å². The van der Waals surface area contributed by atoms with Gasteiger partial charge in [0, 0.05) is 23.9 Å². The Morgan fingerprint density at radius 1 is 1.35 bits per heavy atom. The second-order valence-corrected chi connectivity index (χ2v) is 6.95. The molecule has 1 aliphatic carbocycles. The predicted octanol–water partition coefficient (Wildman–Crippen LogP) is 3.49. The Kier molecular flexibility index (Phi) is 6.09. The van der Waals surface area contributed by atoms with Crippen molar-refractivity contribution >= 4 is 11.3 Å². The van der Waals surface area contributed by atoms with E-state index in [0.717, 1.165) is 23.4 Å². The summed E-state index contributed by atoms with van der Waals surface area (Å²) in [4.78, 5) is 5.01. The van der Waals surface area contributed by atoms with E-state index in [-0.39, 0.29) is 6.61 Å². The summed E-state index contributed by atoms with van der Waals surface area (Å²) in [6.07, 6.45) is 6.05. The minimum atomic E-state index is 0.146. The molecule has 2 atom stereocenters. The molecule has 2 unspecified atom stereocenters. The maximum absolute atomic E-state index is 8.73. The SMILES string of the molecule is CC1CCCCC1N(C)Cc1ccc(C#CCCO)s1. The van der Waals surface area contributed by atoms with E-state index in [1.54, 1.807) is 11.3 Å². The molecule has 110 valence electrons. The molecule has 0 spiro atoms. The van der Waals surface area contributed by atoms with E-state index < -0.39 is 0 Å². The lowest BCUT2D eigenvalue weighted by Crippen LogP contribution is -2.38. The largest absolute Gasteiger partial charge is 0.395 e. The van der Waals surface area contributed by atoms with Crippen LogP contribution in [0.2, 0.25) is 0 Å². The van der Waals surface area contributed by atoms with Crippen LogP contribution in [0.3, 0.4) is 0 Å². The Labute approximate surface area is 126 Å². The van der Waals surface area contributed by atoms with Gasteiger partial charge in [-0.2, -0.15) is 0 Å². The van der Waals surface area contributed by atoms with E-state index >= 15 is 0 Å². The van der Waals surface area contributed by atoms with Gasteiger partial charge in [0.15, 0.2) is 0 Å². The zero-order valence-electron chi connectivity index (χ0n) is 12.6. The number of nitrogens with zero attached hydrogens (tertiary/aromatic N) is 1. The van der Waals surface area contributed by atoms with Crippen molar-refractivity contribution < 1.29 is 5.11 Å². The highest BCUT2D eigenvalue weighted by molar-refractivity contribution is 7.12. The Hall–Kier alpha value is -0.820. The highest BCUT2D eigenvalue weighted by Gasteiger charge is 2.24. The van der Waals surface area contributed by atoms with Crippen molar-refractivity contribution in [3.8, 4) is 11.8 Å². The number of rotatable bonds is 4. The lowest BCUT2D eigenvalue weighted by atomic mass is 9.85. The van der Waals surface area contributed by atoms with Crippen LogP contribution >= 0.6 is 11.3 Å². The molecule has 1 N–H and O–H groups in total. The lowest BCUT2D eigenvalue weighted by molar-refractivity contribution is 0.134. The molecule has 1 aromatic heterocycles. The smallest absolute Gasteiger partial charge is 0.0771 e. The molecule has 1 aromatic rings. The van der Waals surface area contributed by atoms with Crippen LogP contribution in [0.1, 0.15) is 48.8 Å². The first kappa shape index (κ1) is 15.6. The fourth-order valence-electron chi connectivity index (χ4n) is 3.05. The van der Waals surface area contributed by atoms with Gasteiger partial charge in [-0.3, -0.25) is 4.90 Å². The van der Waals surface area contributed by atoms with E-state index in [2.05, 4.69) is 42.8 Å². The van der Waals surface area contributed by atoms with Crippen LogP contribution in [0.5, 0.6) is 0 Å². The van der Waals surface area contributed by atoms with Crippen molar-refractivity contribution in [2.75, 3.05) is 13.7 Å². The van der Waals surface area contributed by atoms with E-state index in [0.29, 0.717) is 6.42 Å². The second-order valence-electron chi connectivity index (χ2n) is 5.79. The average Bonchev–Trinajstić information content (AvgIpc) is 2.87. The third kappa shape index (κ3) is 4.34. The fraction of sp³-hybridized carbons (Fsp3) is 0.647. The van der Waals surface area contributed by atoms with E-state index in [9.17, 15) is 0 Å². The van der Waals surface area contributed by atoms with Gasteiger partial charge in [0.2, 0.25) is 0 Å². The molecular weight excluding hydrogens is 266 g/mol. The normalized spacial score (nSPS) is 22.6. The highest BCUT2D eigenvalue weighted by Crippen LogP contribution is 2.29. The summed E-state index contributed by atoms with van der Waals surface area (Å²) in [5, 5.41) is 8.73. The van der Waals surface area contributed by atoms with Crippen LogP contribution in [0.15, 0.2) is 12.1 Å². The maximum Gasteiger partial charge on any atom is 0.0771 e. The molecular formula is C17H25NOS. The van der Waals surface area contributed by atoms with Crippen molar-refractivity contribution in [3.63, 3.8) is 0 Å². The van der Waals surface area contributed by atoms with Gasteiger partial charge in [0.1, 0.15) is 0 Å². The number of thiophene rings is 1. The van der Waals surface area contributed by atoms with Crippen LogP contribution in [0, 0.1) is 17.8 Å². The van der Waals surface area contributed by atoms with Crippen molar-refractivity contribution in [1.29, 1.82) is 0 Å². The van der Waals surface area contributed by atoms with Crippen LogP contribution in [-0.2, 0) is 6.54 Å². The fourth-order valence-corrected chi connectivity index (χ4v) is 4.00. The molecule has 3 heteroatoms. The molecule has 1 saturated carbocycles. The molecule has 0 aliphatic heterocycles. The highest BCUT2D eigenvalue weighted by atomic mass is 32.1. The number of aliphatic hydroxyl groups excluding tert-OH is 1. The van der Waals surface area contributed by atoms with E-state index in [1.807, 2.05) is 0 Å². The molecule has 2 nitrogen and oxygen atoms in total. The van der Waals surface area contributed by atoms with Gasteiger partial charge < -0.3 is 5.11 Å². The third-order valence-electron chi connectivity index (χ3n) is 4.15. The Bertz CT molecular complexity index is 471. The molecule has 1 fully saturated rings. The predicted molar refractivity (Wildman–Crippen MR) is 85.8 cm³/mol. The van der Waals surface area contributed by atoms with Crippen molar-refractivity contribution in [2.45, 2.75) is 51.6 Å². The average molecular weight is 291 g/mol. The second kappa shape index (κ2) is 7.83. The molecule has 1 aliphatic rings. The zero-order valence-corrected chi connectivity index (χ0v) is 13.4. The lowest BCUT2D eigenvalue weighted by Gasteiger charge is -2.36. The van der Waals surface area contributed by atoms with Crippen molar-refractivity contribution in [1.82, 2.24) is 4.90 Å². The monoisotopic (exact) mass is 291 g/mol. The molecule has 20 heavy (non-hydrogen) atoms. The van der Waals surface area contributed by atoms with Gasteiger partial charge in [-0.25, -0.2) is 0 Å². The molecule has 0 saturated heterocycles. The van der Waals surface area contributed by atoms with Gasteiger partial charge in [-0.1, -0.05) is 31.6 Å². The van der Waals surface area contributed by atoms with Crippen molar-refractivity contribution in [2.24, 2.45) is 5.92 Å². The number of hydrogen-bond acceptors (Lipinski definition) is 3. The first-order valence-electron chi connectivity index (χ1n) is 7.59. The maximum atomic E-state index is 8.73. The molecule has 2 rings (SSSR count). The molecule has 1 heterocycles. The third-order valence-corrected chi connectivity index (χ3v) is 5.13. The summed E-state index contributed by atoms with van der Waals surface area (Å²) >= 11 is 1.78. The summed E-state index contributed by atoms with van der Waals surface area (Å²) in [7, 11) is 2.25. The minimum Gasteiger partial charge on any atom is -0.395 e. The Balaban J connectivity index is 1.91. The van der Waals surface area contributed by atoms with Crippen LogP contribution < -0.4 is 0 Å². The standard InChI is InChI=1S/C17H25NOS/c1-14-7-3-4-9-17(14)18(2)13-16-11-10-15(20-16)8-5-6-12-19/h10-11,14,17,19H,3-4,6-7,9,12-13H2,1-2H3. The Morgan fingerprint density at radius 2 is 2.15 bits per heavy atom. The quantitative estimate of drug-likeness (QED) is 0.858. The van der Waals surface area contributed by atoms with Crippen LogP contribution in [0.4, 0.5) is 0 Å². The summed E-state index contributed by atoms with van der Waals surface area (Å²) in [5.41, 5.74) is 0. The van der Waals surface area contributed by atoms with Gasteiger partial charge in [-0.15, -0.1) is 11.3 Å². The van der Waals surface area contributed by atoms with Crippen LogP contribution in [-0.4, -0.2) is 29.7 Å². The molecule has 0 aromatic carbocycles. The minimum absolute atomic E-state index is 0.146. The Morgan fingerprint density at radius 3 is 2.90 bits per heavy atom. The summed E-state index contributed by atoms with van der Waals surface area (Å²) in [6.45, 7) is 3.56. The molecule has 0 bridgehead atoms. The van der Waals surface area contributed by atoms with Gasteiger partial charge in [0.25, 0.3) is 0 Å². The van der Waals surface area contributed by atoms with E-state index in [4.69, 9.17) is 5.11 Å². The first-order valence-corrected chi connectivity index (χ1v) is 8.41. The van der Waals surface area contributed by atoms with E-state index in [1.165, 1.54) is 30.6 Å². The van der Waals surface area contributed by atoms with Gasteiger partial charge in [0.05, 0.1) is 11.5 Å². The molecule has 0 radical (unpaired) electrons. The van der Waals surface area contributed by atoms with Gasteiger partial charge >= 0.3 is 0 Å². The van der Waals surface area contributed by atoms with Crippen molar-refractivity contribution in [3.05, 3.63) is 21.9 Å². The summed E-state index contributed by atoms with van der Waals surface area (Å²) in [6, 6.07) is 5.02. The first-order chi connectivity index (χ1) is 9.70. The zero-order chi connectivity index (χ0) is 14.4. The molecule has 0 amide bonds. The number of hydrogen-bond donors (Lipinski definition) is 1. The topological polar surface area (TPSA) is 23.5 Å². The summed E-state index contributed by atoms with van der Waals surface area (Å²) in [5.74, 6) is 6.92.